The zero-order valence-corrected chi connectivity index (χ0v) is 16.9. The number of amides is 1. The van der Waals surface area contributed by atoms with Crippen molar-refractivity contribution in [2.45, 2.75) is 24.1 Å². The molecule has 3 rings (SSSR count). The van der Waals surface area contributed by atoms with Crippen LogP contribution in [0.15, 0.2) is 58.9 Å². The third-order valence-electron chi connectivity index (χ3n) is 4.01. The molecular weight excluding hydrogens is 376 g/mol. The third-order valence-corrected chi connectivity index (χ3v) is 5.98. The maximum atomic E-state index is 12.1. The van der Waals surface area contributed by atoms with E-state index in [0.29, 0.717) is 12.3 Å². The highest BCUT2D eigenvalue weighted by Crippen LogP contribution is 2.27. The SMILES string of the molecule is Cc1ccc(Nc2nnc(SCC(=O)NC[C@H](C)c3ccccc3)s2)cc1. The summed E-state index contributed by atoms with van der Waals surface area (Å²) in [6.45, 7) is 4.78. The number of benzene rings is 2. The Morgan fingerprint density at radius 1 is 1.11 bits per heavy atom. The molecule has 1 atom stereocenters. The molecule has 0 saturated carbocycles. The van der Waals surface area contributed by atoms with Gasteiger partial charge in [0.25, 0.3) is 0 Å². The van der Waals surface area contributed by atoms with Crippen LogP contribution in [0.4, 0.5) is 10.8 Å². The molecule has 0 aliphatic carbocycles. The Morgan fingerprint density at radius 2 is 1.85 bits per heavy atom. The van der Waals surface area contributed by atoms with E-state index in [9.17, 15) is 4.79 Å². The smallest absolute Gasteiger partial charge is 0.230 e. The average molecular weight is 399 g/mol. The number of nitrogens with one attached hydrogen (secondary N) is 2. The van der Waals surface area contributed by atoms with E-state index in [-0.39, 0.29) is 11.8 Å². The first kappa shape index (κ1) is 19.4. The van der Waals surface area contributed by atoms with Gasteiger partial charge in [0.2, 0.25) is 11.0 Å². The van der Waals surface area contributed by atoms with Crippen molar-refractivity contribution in [3.8, 4) is 0 Å². The summed E-state index contributed by atoms with van der Waals surface area (Å²) in [4.78, 5) is 12.1. The average Bonchev–Trinajstić information content (AvgIpc) is 3.14. The minimum atomic E-state index is 0.00558. The Kier molecular flexibility index (Phi) is 6.84. The quantitative estimate of drug-likeness (QED) is 0.543. The van der Waals surface area contributed by atoms with E-state index < -0.39 is 0 Å². The number of aromatic nitrogens is 2. The molecular formula is C20H22N4OS2. The van der Waals surface area contributed by atoms with Gasteiger partial charge in [-0.3, -0.25) is 4.79 Å². The number of nitrogens with zero attached hydrogens (tertiary/aromatic N) is 2. The molecule has 3 aromatic rings. The minimum Gasteiger partial charge on any atom is -0.355 e. The number of carbonyl (C=O) groups excluding carboxylic acids is 1. The van der Waals surface area contributed by atoms with Crippen LogP contribution >= 0.6 is 23.1 Å². The van der Waals surface area contributed by atoms with Gasteiger partial charge in [-0.15, -0.1) is 10.2 Å². The minimum absolute atomic E-state index is 0.00558. The van der Waals surface area contributed by atoms with Crippen molar-refractivity contribution >= 4 is 39.8 Å². The number of aryl methyl sites for hydroxylation is 1. The van der Waals surface area contributed by atoms with Gasteiger partial charge < -0.3 is 10.6 Å². The summed E-state index contributed by atoms with van der Waals surface area (Å²) in [5, 5.41) is 15.2. The standard InChI is InChI=1S/C20H22N4OS2/c1-14-8-10-17(11-9-14)22-19-23-24-20(27-19)26-13-18(25)21-12-15(2)16-6-4-3-5-7-16/h3-11,15H,12-13H2,1-2H3,(H,21,25)(H,22,23)/t15-/m0/s1. The number of hydrogen-bond donors (Lipinski definition) is 2. The van der Waals surface area contributed by atoms with Crippen molar-refractivity contribution in [1.29, 1.82) is 0 Å². The van der Waals surface area contributed by atoms with Gasteiger partial charge in [-0.05, 0) is 30.5 Å². The van der Waals surface area contributed by atoms with Crippen molar-refractivity contribution in [1.82, 2.24) is 15.5 Å². The highest BCUT2D eigenvalue weighted by Gasteiger charge is 2.10. The van der Waals surface area contributed by atoms with E-state index in [4.69, 9.17) is 0 Å². The highest BCUT2D eigenvalue weighted by molar-refractivity contribution is 8.01. The summed E-state index contributed by atoms with van der Waals surface area (Å²) in [7, 11) is 0. The molecule has 5 nitrogen and oxygen atoms in total. The molecule has 0 radical (unpaired) electrons. The molecule has 0 aliphatic rings. The fraction of sp³-hybridized carbons (Fsp3) is 0.250. The van der Waals surface area contributed by atoms with Gasteiger partial charge >= 0.3 is 0 Å². The summed E-state index contributed by atoms with van der Waals surface area (Å²) in [6.07, 6.45) is 0. The van der Waals surface area contributed by atoms with Crippen molar-refractivity contribution in [2.24, 2.45) is 0 Å². The molecule has 1 amide bonds. The molecule has 7 heteroatoms. The lowest BCUT2D eigenvalue weighted by Gasteiger charge is -2.12. The Labute approximate surface area is 167 Å². The van der Waals surface area contributed by atoms with Gasteiger partial charge in [-0.25, -0.2) is 0 Å². The summed E-state index contributed by atoms with van der Waals surface area (Å²) in [5.74, 6) is 0.624. The van der Waals surface area contributed by atoms with Gasteiger partial charge in [-0.2, -0.15) is 0 Å². The van der Waals surface area contributed by atoms with E-state index in [0.717, 1.165) is 15.2 Å². The van der Waals surface area contributed by atoms with E-state index in [1.165, 1.54) is 34.2 Å². The molecule has 1 heterocycles. The molecule has 0 spiro atoms. The second kappa shape index (κ2) is 9.53. The molecule has 0 saturated heterocycles. The van der Waals surface area contributed by atoms with Crippen molar-refractivity contribution in [3.05, 3.63) is 65.7 Å². The van der Waals surface area contributed by atoms with E-state index in [1.807, 2.05) is 42.5 Å². The lowest BCUT2D eigenvalue weighted by molar-refractivity contribution is -0.118. The zero-order chi connectivity index (χ0) is 19.1. The second-order valence-corrected chi connectivity index (χ2v) is 8.47. The Balaban J connectivity index is 1.42. The molecule has 0 unspecified atom stereocenters. The number of thioether (sulfide) groups is 1. The first-order chi connectivity index (χ1) is 13.1. The molecule has 27 heavy (non-hydrogen) atoms. The first-order valence-corrected chi connectivity index (χ1v) is 10.5. The van der Waals surface area contributed by atoms with Gasteiger partial charge in [0.15, 0.2) is 4.34 Å². The van der Waals surface area contributed by atoms with Crippen molar-refractivity contribution < 1.29 is 4.79 Å². The van der Waals surface area contributed by atoms with E-state index in [2.05, 4.69) is 46.8 Å². The number of anilines is 2. The summed E-state index contributed by atoms with van der Waals surface area (Å²) < 4.78 is 0.774. The molecule has 2 aromatic carbocycles. The predicted octanol–water partition coefficient (Wildman–Crippen LogP) is 4.60. The predicted molar refractivity (Wildman–Crippen MR) is 113 cm³/mol. The molecule has 1 aromatic heterocycles. The Hall–Kier alpha value is -2.38. The van der Waals surface area contributed by atoms with E-state index in [1.54, 1.807) is 0 Å². The molecule has 2 N–H and O–H groups in total. The molecule has 0 aliphatic heterocycles. The fourth-order valence-corrected chi connectivity index (χ4v) is 4.03. The normalized spacial score (nSPS) is 11.8. The van der Waals surface area contributed by atoms with Crippen LogP contribution in [-0.2, 0) is 4.79 Å². The highest BCUT2D eigenvalue weighted by atomic mass is 32.2. The number of rotatable bonds is 8. The topological polar surface area (TPSA) is 66.9 Å². The maximum absolute atomic E-state index is 12.1. The molecule has 0 bridgehead atoms. The lowest BCUT2D eigenvalue weighted by atomic mass is 10.0. The third kappa shape index (κ3) is 6.08. The van der Waals surface area contributed by atoms with Crippen LogP contribution in [-0.4, -0.2) is 28.4 Å². The van der Waals surface area contributed by atoms with Crippen LogP contribution in [0.1, 0.15) is 24.0 Å². The zero-order valence-electron chi connectivity index (χ0n) is 15.3. The number of hydrogen-bond acceptors (Lipinski definition) is 6. The van der Waals surface area contributed by atoms with Crippen LogP contribution in [0.3, 0.4) is 0 Å². The van der Waals surface area contributed by atoms with Crippen LogP contribution in [0.25, 0.3) is 0 Å². The summed E-state index contributed by atoms with van der Waals surface area (Å²) in [6, 6.07) is 18.3. The number of carbonyl (C=O) groups is 1. The Bertz CT molecular complexity index is 865. The van der Waals surface area contributed by atoms with Crippen molar-refractivity contribution in [3.63, 3.8) is 0 Å². The van der Waals surface area contributed by atoms with Crippen LogP contribution < -0.4 is 10.6 Å². The molecule has 0 fully saturated rings. The van der Waals surface area contributed by atoms with Crippen LogP contribution in [0.2, 0.25) is 0 Å². The second-order valence-electron chi connectivity index (χ2n) is 6.27. The van der Waals surface area contributed by atoms with Gasteiger partial charge in [0.1, 0.15) is 0 Å². The summed E-state index contributed by atoms with van der Waals surface area (Å²) in [5.41, 5.74) is 3.41. The monoisotopic (exact) mass is 398 g/mol. The van der Waals surface area contributed by atoms with Crippen LogP contribution in [0, 0.1) is 6.92 Å². The van der Waals surface area contributed by atoms with E-state index >= 15 is 0 Å². The maximum Gasteiger partial charge on any atom is 0.230 e. The van der Waals surface area contributed by atoms with Crippen LogP contribution in [0.5, 0.6) is 0 Å². The summed E-state index contributed by atoms with van der Waals surface area (Å²) >= 11 is 2.85. The van der Waals surface area contributed by atoms with Gasteiger partial charge in [0, 0.05) is 12.2 Å². The first-order valence-electron chi connectivity index (χ1n) is 8.72. The fourth-order valence-electron chi connectivity index (χ4n) is 2.42. The van der Waals surface area contributed by atoms with Gasteiger partial charge in [-0.1, -0.05) is 78.1 Å². The van der Waals surface area contributed by atoms with Gasteiger partial charge in [0.05, 0.1) is 5.75 Å². The Morgan fingerprint density at radius 3 is 2.59 bits per heavy atom. The molecule has 140 valence electrons. The lowest BCUT2D eigenvalue weighted by Crippen LogP contribution is -2.28. The van der Waals surface area contributed by atoms with Crippen molar-refractivity contribution in [2.75, 3.05) is 17.6 Å². The largest absolute Gasteiger partial charge is 0.355 e.